The molecule has 0 spiro atoms. The lowest BCUT2D eigenvalue weighted by Crippen LogP contribution is -2.27. The van der Waals surface area contributed by atoms with Crippen molar-refractivity contribution < 1.29 is 19.4 Å². The van der Waals surface area contributed by atoms with Crippen LogP contribution in [0.2, 0.25) is 5.02 Å². The molecule has 0 bridgehead atoms. The van der Waals surface area contributed by atoms with E-state index >= 15 is 0 Å². The van der Waals surface area contributed by atoms with E-state index in [4.69, 9.17) is 16.3 Å². The van der Waals surface area contributed by atoms with E-state index < -0.39 is 17.9 Å². The summed E-state index contributed by atoms with van der Waals surface area (Å²) in [5.74, 6) is -0.830. The Kier molecular flexibility index (Phi) is 6.16. The first kappa shape index (κ1) is 20.1. The van der Waals surface area contributed by atoms with E-state index in [0.717, 1.165) is 4.70 Å². The molecule has 0 radical (unpaired) electrons. The molecule has 1 aromatic heterocycles. The number of carbonyl (C=O) groups excluding carboxylic acids is 1. The van der Waals surface area contributed by atoms with Crippen LogP contribution in [0.25, 0.3) is 10.2 Å². The Hall–Kier alpha value is -2.64. The number of amides is 1. The molecule has 1 heterocycles. The van der Waals surface area contributed by atoms with Gasteiger partial charge < -0.3 is 14.4 Å². The Labute approximate surface area is 170 Å². The summed E-state index contributed by atoms with van der Waals surface area (Å²) in [7, 11) is 0. The van der Waals surface area contributed by atoms with Gasteiger partial charge in [0.15, 0.2) is 4.80 Å². The maximum absolute atomic E-state index is 12.6. The van der Waals surface area contributed by atoms with Gasteiger partial charge in [0.2, 0.25) is 0 Å². The average Bonchev–Trinajstić information content (AvgIpc) is 3.00. The predicted molar refractivity (Wildman–Crippen MR) is 109 cm³/mol. The minimum Gasteiger partial charge on any atom is -0.494 e. The quantitative estimate of drug-likeness (QED) is 0.637. The number of hydrogen-bond donors (Lipinski definition) is 1. The zero-order chi connectivity index (χ0) is 20.3. The van der Waals surface area contributed by atoms with Crippen LogP contribution >= 0.6 is 22.9 Å². The molecule has 1 atom stereocenters. The van der Waals surface area contributed by atoms with Gasteiger partial charge >= 0.3 is 5.97 Å². The number of aromatic nitrogens is 1. The van der Waals surface area contributed by atoms with Crippen molar-refractivity contribution in [2.45, 2.75) is 26.3 Å². The summed E-state index contributed by atoms with van der Waals surface area (Å²) in [6, 6.07) is 11.1. The molecule has 0 saturated heterocycles. The lowest BCUT2D eigenvalue weighted by atomic mass is 10.2. The molecule has 1 N–H and O–H groups in total. The summed E-state index contributed by atoms with van der Waals surface area (Å²) in [5, 5.41) is 10.1. The van der Waals surface area contributed by atoms with Crippen molar-refractivity contribution in [3.63, 3.8) is 0 Å². The number of hydrogen-bond acceptors (Lipinski definition) is 4. The van der Waals surface area contributed by atoms with Gasteiger partial charge in [0, 0.05) is 16.7 Å². The summed E-state index contributed by atoms with van der Waals surface area (Å²) >= 11 is 7.22. The van der Waals surface area contributed by atoms with Crippen molar-refractivity contribution in [2.75, 3.05) is 6.61 Å². The van der Waals surface area contributed by atoms with Crippen molar-refractivity contribution in [2.24, 2.45) is 4.99 Å². The molecule has 0 saturated carbocycles. The van der Waals surface area contributed by atoms with E-state index in [9.17, 15) is 14.7 Å². The van der Waals surface area contributed by atoms with Gasteiger partial charge in [-0.05, 0) is 43.7 Å². The number of rotatable bonds is 6. The maximum atomic E-state index is 12.6. The molecule has 1 amide bonds. The third-order valence-electron chi connectivity index (χ3n) is 4.16. The van der Waals surface area contributed by atoms with E-state index in [1.807, 2.05) is 19.1 Å². The molecule has 0 aliphatic carbocycles. The zero-order valence-corrected chi connectivity index (χ0v) is 17.0. The van der Waals surface area contributed by atoms with Crippen LogP contribution in [-0.4, -0.2) is 28.2 Å². The molecule has 8 heteroatoms. The number of thiazole rings is 1. The fourth-order valence-electron chi connectivity index (χ4n) is 2.90. The Morgan fingerprint density at radius 3 is 2.68 bits per heavy atom. The number of fused-ring (bicyclic) bond motifs is 1. The molecule has 146 valence electrons. The minimum atomic E-state index is -0.985. The SMILES string of the molecule is CCOc1ccc2s/c(=N\C(=O)c3cccc(Cl)c3)n(C(CC)C(=O)O)c2c1. The first-order valence-corrected chi connectivity index (χ1v) is 9.99. The van der Waals surface area contributed by atoms with E-state index in [-0.39, 0.29) is 0 Å². The van der Waals surface area contributed by atoms with E-state index in [1.54, 1.807) is 35.8 Å². The first-order valence-electron chi connectivity index (χ1n) is 8.80. The smallest absolute Gasteiger partial charge is 0.326 e. The van der Waals surface area contributed by atoms with E-state index in [0.29, 0.717) is 39.7 Å². The van der Waals surface area contributed by atoms with Crippen LogP contribution in [0.15, 0.2) is 47.5 Å². The van der Waals surface area contributed by atoms with Crippen LogP contribution in [0.5, 0.6) is 5.75 Å². The second-order valence-corrected chi connectivity index (χ2v) is 7.45. The van der Waals surface area contributed by atoms with Gasteiger partial charge in [-0.3, -0.25) is 4.79 Å². The number of carbonyl (C=O) groups is 2. The average molecular weight is 419 g/mol. The summed E-state index contributed by atoms with van der Waals surface area (Å²) in [6.07, 6.45) is 0.346. The Bertz CT molecular complexity index is 1100. The van der Waals surface area contributed by atoms with Gasteiger partial charge in [0.1, 0.15) is 11.8 Å². The number of halogens is 1. The summed E-state index contributed by atoms with van der Waals surface area (Å²) in [5.41, 5.74) is 1.01. The number of benzene rings is 2. The minimum absolute atomic E-state index is 0.322. The molecule has 2 aromatic carbocycles. The first-order chi connectivity index (χ1) is 13.4. The molecule has 0 fully saturated rings. The normalized spacial score (nSPS) is 12.9. The van der Waals surface area contributed by atoms with Gasteiger partial charge in [-0.2, -0.15) is 4.99 Å². The molecule has 1 unspecified atom stereocenters. The van der Waals surface area contributed by atoms with Gasteiger partial charge in [-0.25, -0.2) is 4.79 Å². The number of carboxylic acid groups (broad SMARTS) is 1. The highest BCUT2D eigenvalue weighted by Crippen LogP contribution is 2.27. The number of aliphatic carboxylic acids is 1. The second-order valence-electron chi connectivity index (χ2n) is 6.01. The largest absolute Gasteiger partial charge is 0.494 e. The highest BCUT2D eigenvalue weighted by molar-refractivity contribution is 7.16. The summed E-state index contributed by atoms with van der Waals surface area (Å²) in [4.78, 5) is 29.0. The third-order valence-corrected chi connectivity index (χ3v) is 5.43. The van der Waals surface area contributed by atoms with Crippen LogP contribution in [0.4, 0.5) is 0 Å². The van der Waals surface area contributed by atoms with Crippen molar-refractivity contribution >= 4 is 45.0 Å². The topological polar surface area (TPSA) is 80.9 Å². The van der Waals surface area contributed by atoms with Gasteiger partial charge in [0.25, 0.3) is 5.91 Å². The van der Waals surface area contributed by atoms with Crippen molar-refractivity contribution in [1.82, 2.24) is 4.57 Å². The van der Waals surface area contributed by atoms with Gasteiger partial charge in [-0.1, -0.05) is 35.9 Å². The van der Waals surface area contributed by atoms with Crippen LogP contribution in [-0.2, 0) is 4.79 Å². The monoisotopic (exact) mass is 418 g/mol. The molecular weight excluding hydrogens is 400 g/mol. The fraction of sp³-hybridized carbons (Fsp3) is 0.250. The number of nitrogens with zero attached hydrogens (tertiary/aromatic N) is 2. The number of ether oxygens (including phenoxy) is 1. The standard InChI is InChI=1S/C20H19ClN2O4S/c1-3-15(19(25)26)23-16-11-14(27-4-2)8-9-17(16)28-20(23)22-18(24)12-6-5-7-13(21)10-12/h5-11,15H,3-4H2,1-2H3,(H,25,26)/b22-20-. The van der Waals surface area contributed by atoms with E-state index in [1.165, 1.54) is 17.4 Å². The van der Waals surface area contributed by atoms with Crippen molar-refractivity contribution in [1.29, 1.82) is 0 Å². The van der Waals surface area contributed by atoms with E-state index in [2.05, 4.69) is 4.99 Å². The molecule has 0 aliphatic heterocycles. The van der Waals surface area contributed by atoms with Crippen molar-refractivity contribution in [3.8, 4) is 5.75 Å². The van der Waals surface area contributed by atoms with Crippen LogP contribution in [0.1, 0.15) is 36.7 Å². The Morgan fingerprint density at radius 2 is 2.04 bits per heavy atom. The summed E-state index contributed by atoms with van der Waals surface area (Å²) < 4.78 is 7.96. The predicted octanol–water partition coefficient (Wildman–Crippen LogP) is 4.53. The maximum Gasteiger partial charge on any atom is 0.326 e. The van der Waals surface area contributed by atoms with Crippen LogP contribution < -0.4 is 9.54 Å². The summed E-state index contributed by atoms with van der Waals surface area (Å²) in [6.45, 7) is 4.16. The van der Waals surface area contributed by atoms with Crippen LogP contribution in [0.3, 0.4) is 0 Å². The van der Waals surface area contributed by atoms with Gasteiger partial charge in [0.05, 0.1) is 16.8 Å². The lowest BCUT2D eigenvalue weighted by Gasteiger charge is -2.14. The van der Waals surface area contributed by atoms with Crippen molar-refractivity contribution in [3.05, 3.63) is 57.9 Å². The highest BCUT2D eigenvalue weighted by atomic mass is 35.5. The second kappa shape index (κ2) is 8.58. The fourth-order valence-corrected chi connectivity index (χ4v) is 4.13. The lowest BCUT2D eigenvalue weighted by molar-refractivity contribution is -0.140. The van der Waals surface area contributed by atoms with Gasteiger partial charge in [-0.15, -0.1) is 0 Å². The molecule has 6 nitrogen and oxygen atoms in total. The Balaban J connectivity index is 2.23. The third kappa shape index (κ3) is 4.10. The molecule has 3 rings (SSSR count). The highest BCUT2D eigenvalue weighted by Gasteiger charge is 2.22. The molecule has 3 aromatic rings. The zero-order valence-electron chi connectivity index (χ0n) is 15.4. The molecular formula is C20H19ClN2O4S. The van der Waals surface area contributed by atoms with Crippen LogP contribution in [0, 0.1) is 0 Å². The Morgan fingerprint density at radius 1 is 1.25 bits per heavy atom. The number of carboxylic acids is 1. The molecule has 0 aliphatic rings. The molecule has 28 heavy (non-hydrogen) atoms.